The van der Waals surface area contributed by atoms with Crippen molar-refractivity contribution in [3.63, 3.8) is 0 Å². The van der Waals surface area contributed by atoms with Crippen LogP contribution >= 0.6 is 0 Å². The van der Waals surface area contributed by atoms with Gasteiger partial charge in [-0.3, -0.25) is 0 Å². The fourth-order valence-electron chi connectivity index (χ4n) is 5.73. The van der Waals surface area contributed by atoms with Crippen molar-refractivity contribution in [1.29, 1.82) is 0 Å². The Bertz CT molecular complexity index is 371. The van der Waals surface area contributed by atoms with E-state index in [9.17, 15) is 10.2 Å². The molecule has 0 bridgehead atoms. The number of aliphatic hydroxyl groups is 2. The minimum absolute atomic E-state index is 0.131. The fourth-order valence-corrected chi connectivity index (χ4v) is 5.73. The summed E-state index contributed by atoms with van der Waals surface area (Å²) in [5.74, 6) is 2.85. The van der Waals surface area contributed by atoms with Crippen LogP contribution in [0.1, 0.15) is 60.3 Å². The highest BCUT2D eigenvalue weighted by Gasteiger charge is 2.47. The Kier molecular flexibility index (Phi) is 6.74. The van der Waals surface area contributed by atoms with Gasteiger partial charge in [0.1, 0.15) is 0 Å². The molecule has 0 aromatic carbocycles. The molecule has 0 aromatic heterocycles. The molecule has 4 heteroatoms. The van der Waals surface area contributed by atoms with Gasteiger partial charge in [-0.25, -0.2) is 0 Å². The van der Waals surface area contributed by atoms with Crippen molar-refractivity contribution < 1.29 is 10.2 Å². The third kappa shape index (κ3) is 3.67. The average Bonchev–Trinajstić information content (AvgIpc) is 2.56. The Balaban J connectivity index is 2.25. The van der Waals surface area contributed by atoms with Gasteiger partial charge in [0.15, 0.2) is 0 Å². The minimum atomic E-state index is -0.384. The number of hydrogen-bond acceptors (Lipinski definition) is 4. The lowest BCUT2D eigenvalue weighted by molar-refractivity contribution is -0.0579. The molecule has 0 saturated heterocycles. The molecule has 4 nitrogen and oxygen atoms in total. The first-order valence-electron chi connectivity index (χ1n) is 10.1. The molecule has 2 aliphatic rings. The predicted molar refractivity (Wildman–Crippen MR) is 99.2 cm³/mol. The maximum atomic E-state index is 10.3. The lowest BCUT2D eigenvalue weighted by atomic mass is 9.57. The molecular formula is C20H40N2O2. The van der Waals surface area contributed by atoms with Crippen molar-refractivity contribution in [2.45, 2.75) is 84.6 Å². The van der Waals surface area contributed by atoms with Crippen molar-refractivity contribution in [1.82, 2.24) is 0 Å². The van der Waals surface area contributed by atoms with E-state index in [1.807, 2.05) is 0 Å². The lowest BCUT2D eigenvalue weighted by Gasteiger charge is -2.51. The van der Waals surface area contributed by atoms with Crippen molar-refractivity contribution in [3.8, 4) is 0 Å². The van der Waals surface area contributed by atoms with Gasteiger partial charge in [-0.2, -0.15) is 0 Å². The van der Waals surface area contributed by atoms with Crippen molar-refractivity contribution in [2.24, 2.45) is 52.9 Å². The topological polar surface area (TPSA) is 92.5 Å². The Morgan fingerprint density at radius 1 is 0.833 bits per heavy atom. The van der Waals surface area contributed by atoms with E-state index in [0.29, 0.717) is 29.6 Å². The van der Waals surface area contributed by atoms with Crippen LogP contribution in [0.4, 0.5) is 0 Å². The second-order valence-corrected chi connectivity index (χ2v) is 9.06. The quantitative estimate of drug-likeness (QED) is 0.632. The maximum Gasteiger partial charge on any atom is 0.0719 e. The third-order valence-electron chi connectivity index (χ3n) is 7.53. The number of rotatable bonds is 4. The zero-order valence-electron chi connectivity index (χ0n) is 16.2. The van der Waals surface area contributed by atoms with Gasteiger partial charge in [0.05, 0.1) is 12.2 Å². The highest BCUT2D eigenvalue weighted by atomic mass is 16.3. The molecule has 0 spiro atoms. The summed E-state index contributed by atoms with van der Waals surface area (Å²) in [7, 11) is 0. The molecular weight excluding hydrogens is 300 g/mol. The van der Waals surface area contributed by atoms with Crippen molar-refractivity contribution in [3.05, 3.63) is 0 Å². The molecule has 0 radical (unpaired) electrons. The SMILES string of the molecule is CCCC(C1CC(C)C(O)C(N)C1C)C1CC(C)C(O)C(N)C1C. The van der Waals surface area contributed by atoms with Gasteiger partial charge in [0.25, 0.3) is 0 Å². The highest BCUT2D eigenvalue weighted by Crippen LogP contribution is 2.48. The summed E-state index contributed by atoms with van der Waals surface area (Å²) in [4.78, 5) is 0. The number of nitrogens with two attached hydrogens (primary N) is 2. The maximum absolute atomic E-state index is 10.3. The van der Waals surface area contributed by atoms with Gasteiger partial charge >= 0.3 is 0 Å². The molecule has 2 saturated carbocycles. The van der Waals surface area contributed by atoms with Gasteiger partial charge in [-0.05, 0) is 54.3 Å². The van der Waals surface area contributed by atoms with Gasteiger partial charge in [-0.15, -0.1) is 0 Å². The highest BCUT2D eigenvalue weighted by molar-refractivity contribution is 4.99. The summed E-state index contributed by atoms with van der Waals surface area (Å²) in [5.41, 5.74) is 12.7. The van der Waals surface area contributed by atoms with Crippen molar-refractivity contribution >= 4 is 0 Å². The van der Waals surface area contributed by atoms with Crippen LogP contribution in [-0.2, 0) is 0 Å². The zero-order valence-corrected chi connectivity index (χ0v) is 16.2. The minimum Gasteiger partial charge on any atom is -0.391 e. The summed E-state index contributed by atoms with van der Waals surface area (Å²) < 4.78 is 0. The van der Waals surface area contributed by atoms with Crippen molar-refractivity contribution in [2.75, 3.05) is 0 Å². The fraction of sp³-hybridized carbons (Fsp3) is 1.00. The molecule has 10 atom stereocenters. The first kappa shape index (κ1) is 20.2. The zero-order chi connectivity index (χ0) is 18.2. The smallest absolute Gasteiger partial charge is 0.0719 e. The molecule has 0 aliphatic heterocycles. The normalized spacial score (nSPS) is 51.4. The third-order valence-corrected chi connectivity index (χ3v) is 7.53. The molecule has 10 unspecified atom stereocenters. The molecule has 0 aromatic rings. The van der Waals surface area contributed by atoms with E-state index in [0.717, 1.165) is 19.3 Å². The monoisotopic (exact) mass is 340 g/mol. The lowest BCUT2D eigenvalue weighted by Crippen LogP contribution is -2.56. The largest absolute Gasteiger partial charge is 0.391 e. The molecule has 142 valence electrons. The molecule has 0 amide bonds. The Morgan fingerprint density at radius 3 is 1.54 bits per heavy atom. The van der Waals surface area contributed by atoms with Crippen LogP contribution in [0, 0.1) is 41.4 Å². The molecule has 2 rings (SSSR count). The summed E-state index contributed by atoms with van der Waals surface area (Å²) in [6.45, 7) is 11.0. The van der Waals surface area contributed by atoms with Crippen LogP contribution in [0.5, 0.6) is 0 Å². The second kappa shape index (κ2) is 8.03. The first-order valence-corrected chi connectivity index (χ1v) is 10.1. The Labute approximate surface area is 148 Å². The van der Waals surface area contributed by atoms with Crippen LogP contribution in [0.25, 0.3) is 0 Å². The Morgan fingerprint density at radius 2 is 1.21 bits per heavy atom. The van der Waals surface area contributed by atoms with E-state index in [1.165, 1.54) is 6.42 Å². The predicted octanol–water partition coefficient (Wildman–Crippen LogP) is 2.36. The summed E-state index contributed by atoms with van der Waals surface area (Å²) in [5, 5.41) is 20.7. The van der Waals surface area contributed by atoms with Crippen LogP contribution in [-0.4, -0.2) is 34.5 Å². The van der Waals surface area contributed by atoms with Crippen LogP contribution in [0.2, 0.25) is 0 Å². The van der Waals surface area contributed by atoms with E-state index in [2.05, 4.69) is 34.6 Å². The van der Waals surface area contributed by atoms with Gasteiger partial charge < -0.3 is 21.7 Å². The van der Waals surface area contributed by atoms with E-state index < -0.39 is 0 Å². The molecule has 0 heterocycles. The Hall–Kier alpha value is -0.160. The van der Waals surface area contributed by atoms with Gasteiger partial charge in [-0.1, -0.05) is 47.5 Å². The average molecular weight is 341 g/mol. The van der Waals surface area contributed by atoms with E-state index in [1.54, 1.807) is 0 Å². The van der Waals surface area contributed by atoms with Crippen LogP contribution in [0.15, 0.2) is 0 Å². The molecule has 2 aliphatic carbocycles. The van der Waals surface area contributed by atoms with E-state index in [-0.39, 0.29) is 36.1 Å². The second-order valence-electron chi connectivity index (χ2n) is 9.06. The van der Waals surface area contributed by atoms with E-state index in [4.69, 9.17) is 11.5 Å². The van der Waals surface area contributed by atoms with Gasteiger partial charge in [0, 0.05) is 12.1 Å². The number of hydrogen-bond donors (Lipinski definition) is 4. The van der Waals surface area contributed by atoms with Crippen LogP contribution < -0.4 is 11.5 Å². The van der Waals surface area contributed by atoms with E-state index >= 15 is 0 Å². The summed E-state index contributed by atoms with van der Waals surface area (Å²) in [6, 6.07) is -0.262. The first-order chi connectivity index (χ1) is 11.2. The van der Waals surface area contributed by atoms with Crippen LogP contribution in [0.3, 0.4) is 0 Å². The number of aliphatic hydroxyl groups excluding tert-OH is 2. The molecule has 6 N–H and O–H groups in total. The molecule has 24 heavy (non-hydrogen) atoms. The van der Waals surface area contributed by atoms with Gasteiger partial charge in [0.2, 0.25) is 0 Å². The standard InChI is InChI=1S/C20H40N2O2/c1-6-7-14(15-8-10(2)19(23)17(21)12(15)4)16-9-11(3)20(24)18(22)13(16)5/h10-20,23-24H,6-9,21-22H2,1-5H3. The summed E-state index contributed by atoms with van der Waals surface area (Å²) >= 11 is 0. The summed E-state index contributed by atoms with van der Waals surface area (Å²) in [6.07, 6.45) is 3.69. The molecule has 2 fully saturated rings.